The first kappa shape index (κ1) is 15.6. The third-order valence-corrected chi connectivity index (χ3v) is 4.82. The lowest BCUT2D eigenvalue weighted by Crippen LogP contribution is -2.62. The number of rotatable bonds is 2. The second kappa shape index (κ2) is 5.27. The molecule has 3 heterocycles. The molecule has 2 aromatic rings. The first-order valence-corrected chi connectivity index (χ1v) is 8.21. The number of imidazole rings is 1. The van der Waals surface area contributed by atoms with E-state index in [1.807, 2.05) is 45.2 Å². The lowest BCUT2D eigenvalue weighted by Gasteiger charge is -2.33. The second-order valence-corrected chi connectivity index (χ2v) is 6.74. The number of aryl methyl sites for hydroxylation is 3. The lowest BCUT2D eigenvalue weighted by molar-refractivity contribution is -0.676. The van der Waals surface area contributed by atoms with Crippen LogP contribution >= 0.6 is 0 Å². The molecule has 1 aromatic carbocycles. The van der Waals surface area contributed by atoms with Crippen molar-refractivity contribution >= 4 is 23.7 Å². The number of nitrogens with zero attached hydrogens (tertiary/aromatic N) is 4. The topological polar surface area (TPSA) is 72.7 Å². The summed E-state index contributed by atoms with van der Waals surface area (Å²) in [6, 6.07) is 5.12. The van der Waals surface area contributed by atoms with Crippen LogP contribution in [0.2, 0.25) is 0 Å². The molecule has 0 radical (unpaired) electrons. The SMILES string of the molecule is Cc1ccc(C)c(CN2C(=O)C3C(=Nc4[nH]c(C)c[n+]43)N(C)C2=O)c1. The van der Waals surface area contributed by atoms with Crippen LogP contribution in [0.25, 0.3) is 0 Å². The fourth-order valence-corrected chi connectivity index (χ4v) is 3.41. The minimum absolute atomic E-state index is 0.245. The molecular weight excluding hydrogens is 318 g/mol. The highest BCUT2D eigenvalue weighted by Gasteiger charge is 2.52. The Balaban J connectivity index is 1.73. The summed E-state index contributed by atoms with van der Waals surface area (Å²) in [4.78, 5) is 36.2. The summed E-state index contributed by atoms with van der Waals surface area (Å²) in [5.74, 6) is 0.822. The normalized spacial score (nSPS) is 19.2. The maximum atomic E-state index is 13.1. The van der Waals surface area contributed by atoms with Gasteiger partial charge in [0.2, 0.25) is 11.9 Å². The van der Waals surface area contributed by atoms with Crippen molar-refractivity contribution < 1.29 is 14.2 Å². The molecular formula is C18H20N5O2+. The van der Waals surface area contributed by atoms with E-state index in [-0.39, 0.29) is 18.5 Å². The Morgan fingerprint density at radius 3 is 2.76 bits per heavy atom. The second-order valence-electron chi connectivity index (χ2n) is 6.74. The summed E-state index contributed by atoms with van der Waals surface area (Å²) in [5.41, 5.74) is 4.06. The number of amides is 3. The Hall–Kier alpha value is -2.96. The van der Waals surface area contributed by atoms with Gasteiger partial charge in [0.05, 0.1) is 6.54 Å². The monoisotopic (exact) mass is 338 g/mol. The maximum absolute atomic E-state index is 13.1. The van der Waals surface area contributed by atoms with Crippen molar-refractivity contribution in [3.8, 4) is 0 Å². The van der Waals surface area contributed by atoms with Crippen LogP contribution < -0.4 is 4.57 Å². The lowest BCUT2D eigenvalue weighted by atomic mass is 10.0. The van der Waals surface area contributed by atoms with Crippen LogP contribution in [-0.2, 0) is 11.3 Å². The van der Waals surface area contributed by atoms with Crippen LogP contribution in [0.4, 0.5) is 10.7 Å². The fraction of sp³-hybridized carbons (Fsp3) is 0.333. The molecule has 3 amide bonds. The number of likely N-dealkylation sites (N-methyl/N-ethyl adjacent to an activating group) is 1. The number of carbonyl (C=O) groups is 2. The molecule has 0 aliphatic carbocycles. The Kier molecular flexibility index (Phi) is 3.28. The van der Waals surface area contributed by atoms with Gasteiger partial charge in [0.15, 0.2) is 0 Å². The smallest absolute Gasteiger partial charge is 0.270 e. The van der Waals surface area contributed by atoms with Crippen molar-refractivity contribution in [2.45, 2.75) is 33.4 Å². The van der Waals surface area contributed by atoms with Gasteiger partial charge in [-0.1, -0.05) is 28.8 Å². The van der Waals surface area contributed by atoms with Crippen LogP contribution in [0.1, 0.15) is 28.4 Å². The number of amidine groups is 1. The van der Waals surface area contributed by atoms with Gasteiger partial charge in [0, 0.05) is 7.05 Å². The minimum Gasteiger partial charge on any atom is -0.270 e. The molecule has 7 heteroatoms. The number of H-pyrrole nitrogens is 1. The number of aromatic nitrogens is 2. The molecule has 128 valence electrons. The third kappa shape index (κ3) is 2.26. The number of carbonyl (C=O) groups excluding carboxylic acids is 2. The molecule has 1 N–H and O–H groups in total. The van der Waals surface area contributed by atoms with Gasteiger partial charge in [0.1, 0.15) is 11.9 Å². The summed E-state index contributed by atoms with van der Waals surface area (Å²) in [7, 11) is 1.66. The minimum atomic E-state index is -0.590. The van der Waals surface area contributed by atoms with Gasteiger partial charge < -0.3 is 0 Å². The molecule has 1 aromatic heterocycles. The van der Waals surface area contributed by atoms with E-state index in [0.717, 1.165) is 22.4 Å². The molecule has 1 atom stereocenters. The van der Waals surface area contributed by atoms with E-state index in [4.69, 9.17) is 0 Å². The standard InChI is InChI=1S/C18H19N5O2/c1-10-5-6-11(2)13(7-10)9-23-16(24)14-15(21(4)18(23)25)20-17-19-12(3)8-22(14)17/h5-8,14H,9H2,1-4H3/p+1. The number of hydrogen-bond acceptors (Lipinski definition) is 3. The van der Waals surface area contributed by atoms with Crippen LogP contribution in [0, 0.1) is 20.8 Å². The number of aliphatic imine (C=N–C) groups is 1. The number of fused-ring (bicyclic) bond motifs is 3. The van der Waals surface area contributed by atoms with E-state index in [1.54, 1.807) is 11.6 Å². The quantitative estimate of drug-likeness (QED) is 0.850. The molecule has 1 fully saturated rings. The summed E-state index contributed by atoms with van der Waals surface area (Å²) >= 11 is 0. The van der Waals surface area contributed by atoms with Gasteiger partial charge in [-0.3, -0.25) is 14.6 Å². The zero-order valence-corrected chi connectivity index (χ0v) is 14.7. The summed E-state index contributed by atoms with van der Waals surface area (Å²) in [6.45, 7) is 6.17. The zero-order valence-electron chi connectivity index (χ0n) is 14.7. The first-order chi connectivity index (χ1) is 11.9. The fourth-order valence-electron chi connectivity index (χ4n) is 3.41. The first-order valence-electron chi connectivity index (χ1n) is 8.21. The zero-order chi connectivity index (χ0) is 17.9. The van der Waals surface area contributed by atoms with Crippen LogP contribution in [0.15, 0.2) is 29.4 Å². The number of nitrogens with one attached hydrogen (secondary N) is 1. The Bertz CT molecular complexity index is 943. The van der Waals surface area contributed by atoms with E-state index in [2.05, 4.69) is 9.98 Å². The van der Waals surface area contributed by atoms with Gasteiger partial charge >= 0.3 is 12.0 Å². The van der Waals surface area contributed by atoms with Crippen molar-refractivity contribution in [2.24, 2.45) is 4.99 Å². The molecule has 2 aliphatic rings. The highest BCUT2D eigenvalue weighted by molar-refractivity contribution is 6.18. The number of aromatic amines is 1. The molecule has 0 bridgehead atoms. The van der Waals surface area contributed by atoms with E-state index in [9.17, 15) is 9.59 Å². The van der Waals surface area contributed by atoms with Crippen molar-refractivity contribution in [3.05, 3.63) is 46.8 Å². The van der Waals surface area contributed by atoms with Gasteiger partial charge in [-0.05, 0) is 31.9 Å². The van der Waals surface area contributed by atoms with E-state index >= 15 is 0 Å². The largest absolute Gasteiger partial charge is 0.399 e. The van der Waals surface area contributed by atoms with E-state index < -0.39 is 6.04 Å². The predicted molar refractivity (Wildman–Crippen MR) is 91.5 cm³/mol. The molecule has 7 nitrogen and oxygen atoms in total. The predicted octanol–water partition coefficient (Wildman–Crippen LogP) is 1.91. The molecule has 4 rings (SSSR count). The van der Waals surface area contributed by atoms with Crippen molar-refractivity contribution in [1.29, 1.82) is 0 Å². The van der Waals surface area contributed by atoms with Crippen molar-refractivity contribution in [2.75, 3.05) is 7.05 Å². The number of imide groups is 1. The Labute approximate surface area is 145 Å². The van der Waals surface area contributed by atoms with Gasteiger partial charge in [-0.15, -0.1) is 0 Å². The summed E-state index contributed by atoms with van der Waals surface area (Å²) in [5, 5.41) is 0. The van der Waals surface area contributed by atoms with Gasteiger partial charge in [0.25, 0.3) is 5.91 Å². The number of urea groups is 1. The van der Waals surface area contributed by atoms with E-state index in [1.165, 1.54) is 9.80 Å². The van der Waals surface area contributed by atoms with Crippen LogP contribution in [-0.4, -0.2) is 39.6 Å². The molecule has 1 saturated heterocycles. The average Bonchev–Trinajstić information content (AvgIpc) is 3.08. The number of benzene rings is 1. The maximum Gasteiger partial charge on any atom is 0.399 e. The number of hydrogen-bond donors (Lipinski definition) is 1. The highest BCUT2D eigenvalue weighted by atomic mass is 16.2. The van der Waals surface area contributed by atoms with Gasteiger partial charge in [-0.25, -0.2) is 14.3 Å². The third-order valence-electron chi connectivity index (χ3n) is 4.82. The highest BCUT2D eigenvalue weighted by Crippen LogP contribution is 2.28. The average molecular weight is 338 g/mol. The van der Waals surface area contributed by atoms with Gasteiger partial charge in [-0.2, -0.15) is 0 Å². The molecule has 0 spiro atoms. The molecule has 2 aliphatic heterocycles. The molecule has 1 unspecified atom stereocenters. The van der Waals surface area contributed by atoms with Crippen molar-refractivity contribution in [3.63, 3.8) is 0 Å². The van der Waals surface area contributed by atoms with Crippen molar-refractivity contribution in [1.82, 2.24) is 14.8 Å². The molecule has 0 saturated carbocycles. The van der Waals surface area contributed by atoms with Crippen LogP contribution in [0.3, 0.4) is 0 Å². The summed E-state index contributed by atoms with van der Waals surface area (Å²) < 4.78 is 1.80. The Morgan fingerprint density at radius 1 is 1.24 bits per heavy atom. The Morgan fingerprint density at radius 2 is 2.00 bits per heavy atom. The molecule has 25 heavy (non-hydrogen) atoms. The van der Waals surface area contributed by atoms with Crippen LogP contribution in [0.5, 0.6) is 0 Å². The summed E-state index contributed by atoms with van der Waals surface area (Å²) in [6.07, 6.45) is 1.86. The van der Waals surface area contributed by atoms with E-state index in [0.29, 0.717) is 11.8 Å².